The van der Waals surface area contributed by atoms with Crippen molar-refractivity contribution in [2.45, 2.75) is 49.9 Å². The second-order valence-corrected chi connectivity index (χ2v) is 7.66. The number of rotatable bonds is 5. The van der Waals surface area contributed by atoms with Gasteiger partial charge in [0.2, 0.25) is 10.0 Å². The minimum Gasteiger partial charge on any atom is -0.318 e. The Morgan fingerprint density at radius 2 is 2.06 bits per heavy atom. The van der Waals surface area contributed by atoms with Gasteiger partial charge in [0.05, 0.1) is 5.25 Å². The zero-order chi connectivity index (χ0) is 13.2. The van der Waals surface area contributed by atoms with Crippen LogP contribution < -0.4 is 10.0 Å². The molecule has 0 bridgehead atoms. The van der Waals surface area contributed by atoms with Gasteiger partial charge in [-0.05, 0) is 39.8 Å². The summed E-state index contributed by atoms with van der Waals surface area (Å²) in [5.41, 5.74) is 0. The standard InChI is InChI=1S/C12H25N3O2S/c1-10(9-13-2)18(16,17)14-11-6-8-15-7-4-3-5-12(11)15/h10-14H,3-9H2,1-2H3. The van der Waals surface area contributed by atoms with Gasteiger partial charge in [-0.3, -0.25) is 4.90 Å². The summed E-state index contributed by atoms with van der Waals surface area (Å²) in [7, 11) is -1.41. The predicted octanol–water partition coefficient (Wildman–Crippen LogP) is 0.141. The molecule has 2 saturated heterocycles. The van der Waals surface area contributed by atoms with Crippen molar-refractivity contribution in [2.75, 3.05) is 26.7 Å². The van der Waals surface area contributed by atoms with Crippen LogP contribution in [0, 0.1) is 0 Å². The van der Waals surface area contributed by atoms with Gasteiger partial charge in [0.25, 0.3) is 0 Å². The Morgan fingerprint density at radius 1 is 1.28 bits per heavy atom. The van der Waals surface area contributed by atoms with E-state index in [4.69, 9.17) is 0 Å². The molecule has 0 aromatic carbocycles. The number of nitrogens with one attached hydrogen (secondary N) is 2. The first kappa shape index (κ1) is 14.2. The summed E-state index contributed by atoms with van der Waals surface area (Å²) in [4.78, 5) is 2.44. The molecule has 3 unspecified atom stereocenters. The third-order valence-corrected chi connectivity index (χ3v) is 6.05. The van der Waals surface area contributed by atoms with E-state index in [0.717, 1.165) is 25.9 Å². The molecule has 0 saturated carbocycles. The largest absolute Gasteiger partial charge is 0.318 e. The monoisotopic (exact) mass is 275 g/mol. The lowest BCUT2D eigenvalue weighted by molar-refractivity contribution is 0.186. The third kappa shape index (κ3) is 3.04. The van der Waals surface area contributed by atoms with Crippen LogP contribution in [0.25, 0.3) is 0 Å². The van der Waals surface area contributed by atoms with Crippen LogP contribution in [0.15, 0.2) is 0 Å². The van der Waals surface area contributed by atoms with Crippen LogP contribution >= 0.6 is 0 Å². The van der Waals surface area contributed by atoms with E-state index in [9.17, 15) is 8.42 Å². The van der Waals surface area contributed by atoms with E-state index >= 15 is 0 Å². The van der Waals surface area contributed by atoms with Crippen molar-refractivity contribution in [1.82, 2.24) is 14.9 Å². The lowest BCUT2D eigenvalue weighted by Crippen LogP contribution is -2.49. The van der Waals surface area contributed by atoms with Gasteiger partial charge < -0.3 is 5.32 Å². The molecule has 0 aliphatic carbocycles. The molecule has 0 aromatic rings. The van der Waals surface area contributed by atoms with Gasteiger partial charge in [0.15, 0.2) is 0 Å². The lowest BCUT2D eigenvalue weighted by Gasteiger charge is -2.32. The fraction of sp³-hybridized carbons (Fsp3) is 1.00. The molecule has 0 spiro atoms. The highest BCUT2D eigenvalue weighted by molar-refractivity contribution is 7.90. The highest BCUT2D eigenvalue weighted by Crippen LogP contribution is 2.27. The maximum Gasteiger partial charge on any atom is 0.215 e. The minimum atomic E-state index is -3.20. The van der Waals surface area contributed by atoms with E-state index in [1.54, 1.807) is 14.0 Å². The molecule has 2 aliphatic heterocycles. The predicted molar refractivity (Wildman–Crippen MR) is 73.1 cm³/mol. The molecule has 0 radical (unpaired) electrons. The number of hydrogen-bond donors (Lipinski definition) is 2. The Bertz CT molecular complexity index is 372. The fourth-order valence-electron chi connectivity index (χ4n) is 3.11. The first-order valence-electron chi connectivity index (χ1n) is 6.94. The van der Waals surface area contributed by atoms with Gasteiger partial charge >= 0.3 is 0 Å². The maximum absolute atomic E-state index is 12.2. The van der Waals surface area contributed by atoms with E-state index in [2.05, 4.69) is 14.9 Å². The SMILES string of the molecule is CNCC(C)S(=O)(=O)NC1CCN2CCCCC12. The first-order valence-corrected chi connectivity index (χ1v) is 8.49. The zero-order valence-electron chi connectivity index (χ0n) is 11.4. The lowest BCUT2D eigenvalue weighted by atomic mass is 10.00. The molecule has 2 aliphatic rings. The number of hydrogen-bond acceptors (Lipinski definition) is 4. The van der Waals surface area contributed by atoms with Crippen LogP contribution in [0.5, 0.6) is 0 Å². The highest BCUT2D eigenvalue weighted by Gasteiger charge is 2.38. The first-order chi connectivity index (χ1) is 8.54. The van der Waals surface area contributed by atoms with Crippen molar-refractivity contribution in [2.24, 2.45) is 0 Å². The summed E-state index contributed by atoms with van der Waals surface area (Å²) in [6.07, 6.45) is 4.57. The van der Waals surface area contributed by atoms with Crippen LogP contribution in [0.2, 0.25) is 0 Å². The molecule has 2 fully saturated rings. The van der Waals surface area contributed by atoms with Crippen LogP contribution in [0.1, 0.15) is 32.6 Å². The number of piperidine rings is 1. The Kier molecular flexibility index (Phi) is 4.64. The van der Waals surface area contributed by atoms with E-state index < -0.39 is 10.0 Å². The second kappa shape index (κ2) is 5.86. The smallest absolute Gasteiger partial charge is 0.215 e. The summed E-state index contributed by atoms with van der Waals surface area (Å²) in [6.45, 7) is 4.43. The van der Waals surface area contributed by atoms with E-state index in [1.165, 1.54) is 12.8 Å². The number of fused-ring (bicyclic) bond motifs is 1. The second-order valence-electron chi connectivity index (χ2n) is 5.53. The van der Waals surface area contributed by atoms with Crippen LogP contribution in [-0.4, -0.2) is 57.3 Å². The average Bonchev–Trinajstić information content (AvgIpc) is 2.73. The van der Waals surface area contributed by atoms with Crippen molar-refractivity contribution >= 4 is 10.0 Å². The van der Waals surface area contributed by atoms with Gasteiger partial charge in [0, 0.05) is 25.2 Å². The summed E-state index contributed by atoms with van der Waals surface area (Å²) in [5.74, 6) is 0. The van der Waals surface area contributed by atoms with Crippen molar-refractivity contribution < 1.29 is 8.42 Å². The molecule has 2 rings (SSSR count). The molecule has 18 heavy (non-hydrogen) atoms. The van der Waals surface area contributed by atoms with Gasteiger partial charge in [-0.15, -0.1) is 0 Å². The van der Waals surface area contributed by atoms with Crippen LogP contribution in [0.3, 0.4) is 0 Å². The normalized spacial score (nSPS) is 31.2. The van der Waals surface area contributed by atoms with Gasteiger partial charge in [-0.25, -0.2) is 13.1 Å². The molecule has 0 amide bonds. The molecule has 106 valence electrons. The molecule has 2 N–H and O–H groups in total. The molecular weight excluding hydrogens is 250 g/mol. The zero-order valence-corrected chi connectivity index (χ0v) is 12.2. The van der Waals surface area contributed by atoms with Crippen molar-refractivity contribution in [1.29, 1.82) is 0 Å². The number of sulfonamides is 1. The third-order valence-electron chi connectivity index (χ3n) is 4.19. The van der Waals surface area contributed by atoms with Gasteiger partial charge in [0.1, 0.15) is 0 Å². The Balaban J connectivity index is 1.97. The minimum absolute atomic E-state index is 0.120. The van der Waals surface area contributed by atoms with Crippen molar-refractivity contribution in [3.8, 4) is 0 Å². The summed E-state index contributed by atoms with van der Waals surface area (Å²) in [5, 5.41) is 2.55. The molecule has 2 heterocycles. The number of nitrogens with zero attached hydrogens (tertiary/aromatic N) is 1. The van der Waals surface area contributed by atoms with E-state index in [1.807, 2.05) is 0 Å². The molecule has 6 heteroatoms. The maximum atomic E-state index is 12.2. The quantitative estimate of drug-likeness (QED) is 0.749. The van der Waals surface area contributed by atoms with Crippen molar-refractivity contribution in [3.63, 3.8) is 0 Å². The summed E-state index contributed by atoms with van der Waals surface area (Å²) in [6, 6.07) is 0.546. The van der Waals surface area contributed by atoms with Crippen LogP contribution in [0.4, 0.5) is 0 Å². The Morgan fingerprint density at radius 3 is 2.78 bits per heavy atom. The average molecular weight is 275 g/mol. The Labute approximate surface area is 110 Å². The van der Waals surface area contributed by atoms with E-state index in [-0.39, 0.29) is 11.3 Å². The molecule has 0 aromatic heterocycles. The van der Waals surface area contributed by atoms with Gasteiger partial charge in [-0.2, -0.15) is 0 Å². The molecule has 3 atom stereocenters. The summed E-state index contributed by atoms with van der Waals surface area (Å²) < 4.78 is 27.3. The fourth-order valence-corrected chi connectivity index (χ4v) is 4.42. The van der Waals surface area contributed by atoms with Crippen molar-refractivity contribution in [3.05, 3.63) is 0 Å². The van der Waals surface area contributed by atoms with Crippen LogP contribution in [-0.2, 0) is 10.0 Å². The molecular formula is C12H25N3O2S. The van der Waals surface area contributed by atoms with E-state index in [0.29, 0.717) is 12.6 Å². The molecule has 5 nitrogen and oxygen atoms in total. The summed E-state index contributed by atoms with van der Waals surface area (Å²) >= 11 is 0. The topological polar surface area (TPSA) is 61.4 Å². The van der Waals surface area contributed by atoms with Gasteiger partial charge in [-0.1, -0.05) is 6.42 Å². The Hall–Kier alpha value is -0.170. The highest BCUT2D eigenvalue weighted by atomic mass is 32.2.